The van der Waals surface area contributed by atoms with Crippen molar-refractivity contribution in [3.8, 4) is 29.0 Å². The summed E-state index contributed by atoms with van der Waals surface area (Å²) in [6, 6.07) is 21.1. The Morgan fingerprint density at radius 2 is 1.33 bits per heavy atom. The van der Waals surface area contributed by atoms with Crippen LogP contribution in [0, 0.1) is 33.5 Å². The van der Waals surface area contributed by atoms with Crippen LogP contribution in [-0.2, 0) is 4.79 Å². The number of carbonyl (C=O) groups is 1. The number of esters is 1. The Hall–Kier alpha value is -3.11. The van der Waals surface area contributed by atoms with E-state index in [1.807, 2.05) is 19.1 Å². The summed E-state index contributed by atoms with van der Waals surface area (Å²) in [5.74, 6) is 0.479. The van der Waals surface area contributed by atoms with Crippen LogP contribution in [0.1, 0.15) is 141 Å². The highest BCUT2D eigenvalue weighted by molar-refractivity contribution is 5.81. The van der Waals surface area contributed by atoms with Gasteiger partial charge in [0, 0.05) is 0 Å². The predicted octanol–water partition coefficient (Wildman–Crippen LogP) is 11.1. The summed E-state index contributed by atoms with van der Waals surface area (Å²) in [4.78, 5) is 12.5. The maximum atomic E-state index is 12.5. The third-order valence-electron chi connectivity index (χ3n) is 9.42. The highest BCUT2D eigenvalue weighted by atomic mass is 16.5. The van der Waals surface area contributed by atoms with Crippen molar-refractivity contribution in [3.63, 3.8) is 0 Å². The minimum atomic E-state index is -1.12. The minimum absolute atomic E-state index is 0.122. The van der Waals surface area contributed by atoms with E-state index in [-0.39, 0.29) is 5.41 Å². The molecule has 1 saturated carbocycles. The summed E-state index contributed by atoms with van der Waals surface area (Å²) in [7, 11) is 0. The SMILES string of the molecule is CCCCCCCCCCCCC1(C#N)CCC(c2ccc(-c3ccc(OC(=O)C(C)(C#N)CCC)cc3)cc2)CC1. The third-order valence-corrected chi connectivity index (χ3v) is 9.42. The average molecular weight is 569 g/mol. The molecule has 1 fully saturated rings. The number of hydrogen-bond acceptors (Lipinski definition) is 4. The van der Waals surface area contributed by atoms with Crippen LogP contribution in [0.25, 0.3) is 11.1 Å². The lowest BCUT2D eigenvalue weighted by atomic mass is 9.67. The van der Waals surface area contributed by atoms with Crippen molar-refractivity contribution in [1.82, 2.24) is 0 Å². The molecule has 0 bridgehead atoms. The summed E-state index contributed by atoms with van der Waals surface area (Å²) in [6.07, 6.45) is 19.8. The van der Waals surface area contributed by atoms with E-state index in [0.717, 1.165) is 49.7 Å². The molecule has 1 aliphatic rings. The van der Waals surface area contributed by atoms with Crippen molar-refractivity contribution in [2.45, 2.75) is 136 Å². The van der Waals surface area contributed by atoms with E-state index in [4.69, 9.17) is 4.74 Å². The number of nitriles is 2. The van der Waals surface area contributed by atoms with Crippen molar-refractivity contribution >= 4 is 5.97 Å². The van der Waals surface area contributed by atoms with Gasteiger partial charge in [0.25, 0.3) is 0 Å². The van der Waals surface area contributed by atoms with Gasteiger partial charge < -0.3 is 4.74 Å². The Morgan fingerprint density at radius 3 is 1.83 bits per heavy atom. The average Bonchev–Trinajstić information content (AvgIpc) is 3.03. The van der Waals surface area contributed by atoms with Gasteiger partial charge in [0.2, 0.25) is 0 Å². The van der Waals surface area contributed by atoms with Gasteiger partial charge in [0.05, 0.1) is 17.6 Å². The van der Waals surface area contributed by atoms with Crippen molar-refractivity contribution < 1.29 is 9.53 Å². The lowest BCUT2D eigenvalue weighted by molar-refractivity contribution is -0.142. The van der Waals surface area contributed by atoms with Crippen LogP contribution in [0.15, 0.2) is 48.5 Å². The fraction of sp³-hybridized carbons (Fsp3) is 0.605. The fourth-order valence-corrected chi connectivity index (χ4v) is 6.46. The zero-order chi connectivity index (χ0) is 30.3. The van der Waals surface area contributed by atoms with E-state index < -0.39 is 11.4 Å². The largest absolute Gasteiger partial charge is 0.425 e. The van der Waals surface area contributed by atoms with Crippen LogP contribution in [0.4, 0.5) is 0 Å². The molecule has 1 atom stereocenters. The fourth-order valence-electron chi connectivity index (χ4n) is 6.46. The second kappa shape index (κ2) is 17.1. The van der Waals surface area contributed by atoms with Crippen LogP contribution in [0.3, 0.4) is 0 Å². The summed E-state index contributed by atoms with van der Waals surface area (Å²) in [6.45, 7) is 5.86. The lowest BCUT2D eigenvalue weighted by Crippen LogP contribution is -2.30. The molecule has 0 saturated heterocycles. The highest BCUT2D eigenvalue weighted by Crippen LogP contribution is 2.46. The number of benzene rings is 2. The molecule has 226 valence electrons. The molecular weight excluding hydrogens is 516 g/mol. The Bertz CT molecular complexity index is 1160. The topological polar surface area (TPSA) is 73.9 Å². The second-order valence-electron chi connectivity index (χ2n) is 12.8. The van der Waals surface area contributed by atoms with E-state index in [0.29, 0.717) is 18.1 Å². The molecule has 0 radical (unpaired) electrons. The molecule has 1 aliphatic carbocycles. The molecule has 0 aromatic heterocycles. The smallest absolute Gasteiger partial charge is 0.331 e. The van der Waals surface area contributed by atoms with Gasteiger partial charge in [0.1, 0.15) is 5.75 Å². The Kier molecular flexibility index (Phi) is 13.6. The van der Waals surface area contributed by atoms with E-state index >= 15 is 0 Å². The number of rotatable bonds is 17. The second-order valence-corrected chi connectivity index (χ2v) is 12.8. The summed E-state index contributed by atoms with van der Waals surface area (Å²) in [5, 5.41) is 19.5. The van der Waals surface area contributed by atoms with Crippen molar-refractivity contribution in [3.05, 3.63) is 54.1 Å². The molecule has 42 heavy (non-hydrogen) atoms. The standard InChI is InChI=1S/C38H52N2O2/c1-4-6-7-8-9-10-11-12-13-14-26-38(30-40)27-23-34(24-28-38)32-17-15-31(16-18-32)33-19-21-35(22-20-33)42-36(41)37(3,29-39)25-5-2/h15-22,34H,4-14,23-28H2,1-3H3. The van der Waals surface area contributed by atoms with Gasteiger partial charge in [-0.1, -0.05) is 121 Å². The van der Waals surface area contributed by atoms with E-state index in [1.165, 1.54) is 69.8 Å². The number of unbranched alkanes of at least 4 members (excludes halogenated alkanes) is 9. The molecule has 0 spiro atoms. The van der Waals surface area contributed by atoms with Gasteiger partial charge >= 0.3 is 5.97 Å². The van der Waals surface area contributed by atoms with Gasteiger partial charge in [0.15, 0.2) is 5.41 Å². The normalized spacial score (nSPS) is 19.8. The number of hydrogen-bond donors (Lipinski definition) is 0. The van der Waals surface area contributed by atoms with Crippen LogP contribution >= 0.6 is 0 Å². The molecule has 0 aliphatic heterocycles. The van der Waals surface area contributed by atoms with Crippen molar-refractivity contribution in [2.24, 2.45) is 10.8 Å². The molecule has 4 nitrogen and oxygen atoms in total. The zero-order valence-corrected chi connectivity index (χ0v) is 26.4. The molecule has 2 aromatic carbocycles. The number of ether oxygens (including phenoxy) is 1. The number of nitrogens with zero attached hydrogens (tertiary/aromatic N) is 2. The van der Waals surface area contributed by atoms with Crippen LogP contribution < -0.4 is 4.74 Å². The molecule has 1 unspecified atom stereocenters. The van der Waals surface area contributed by atoms with Crippen LogP contribution in [0.2, 0.25) is 0 Å². The maximum absolute atomic E-state index is 12.5. The first-order valence-electron chi connectivity index (χ1n) is 16.6. The lowest BCUT2D eigenvalue weighted by Gasteiger charge is -2.35. The van der Waals surface area contributed by atoms with Crippen molar-refractivity contribution in [2.75, 3.05) is 0 Å². The third kappa shape index (κ3) is 9.73. The van der Waals surface area contributed by atoms with Crippen LogP contribution in [0.5, 0.6) is 5.75 Å². The monoisotopic (exact) mass is 568 g/mol. The first-order valence-corrected chi connectivity index (χ1v) is 16.6. The summed E-state index contributed by atoms with van der Waals surface area (Å²) in [5.41, 5.74) is 2.29. The molecule has 0 amide bonds. The Labute approximate surface area is 255 Å². The highest BCUT2D eigenvalue weighted by Gasteiger charge is 2.36. The summed E-state index contributed by atoms with van der Waals surface area (Å²) < 4.78 is 5.52. The first kappa shape index (κ1) is 33.4. The quantitative estimate of drug-likeness (QED) is 0.108. The van der Waals surface area contributed by atoms with Crippen LogP contribution in [-0.4, -0.2) is 5.97 Å². The molecule has 0 heterocycles. The van der Waals surface area contributed by atoms with Gasteiger partial charge in [-0.15, -0.1) is 0 Å². The van der Waals surface area contributed by atoms with E-state index in [1.54, 1.807) is 19.1 Å². The zero-order valence-electron chi connectivity index (χ0n) is 26.4. The Morgan fingerprint density at radius 1 is 0.810 bits per heavy atom. The molecule has 2 aromatic rings. The van der Waals surface area contributed by atoms with Gasteiger partial charge in [-0.05, 0) is 80.2 Å². The van der Waals surface area contributed by atoms with Gasteiger partial charge in [-0.25, -0.2) is 4.79 Å². The number of carbonyl (C=O) groups excluding carboxylic acids is 1. The molecular formula is C38H52N2O2. The van der Waals surface area contributed by atoms with Gasteiger partial charge in [-0.2, -0.15) is 10.5 Å². The van der Waals surface area contributed by atoms with E-state index in [9.17, 15) is 15.3 Å². The van der Waals surface area contributed by atoms with Gasteiger partial charge in [-0.3, -0.25) is 0 Å². The summed E-state index contributed by atoms with van der Waals surface area (Å²) >= 11 is 0. The molecule has 0 N–H and O–H groups in total. The maximum Gasteiger partial charge on any atom is 0.331 e. The first-order chi connectivity index (χ1) is 20.4. The minimum Gasteiger partial charge on any atom is -0.425 e. The molecule has 4 heteroatoms. The molecule has 3 rings (SSSR count). The van der Waals surface area contributed by atoms with Crippen molar-refractivity contribution in [1.29, 1.82) is 10.5 Å². The predicted molar refractivity (Wildman–Crippen MR) is 172 cm³/mol. The Balaban J connectivity index is 1.44. The van der Waals surface area contributed by atoms with E-state index in [2.05, 4.69) is 43.3 Å².